The molecule has 3 aromatic rings. The number of hydrogen-bond donors (Lipinski definition) is 1. The van der Waals surface area contributed by atoms with Crippen molar-refractivity contribution >= 4 is 11.5 Å². The molecular weight excluding hydrogens is 350 g/mol. The van der Waals surface area contributed by atoms with Crippen molar-refractivity contribution in [1.29, 1.82) is 0 Å². The maximum absolute atomic E-state index is 5.33. The number of benzene rings is 1. The first kappa shape index (κ1) is 18.4. The number of rotatable bonds is 5. The van der Waals surface area contributed by atoms with Gasteiger partial charge >= 0.3 is 0 Å². The summed E-state index contributed by atoms with van der Waals surface area (Å²) in [6, 6.07) is 13.8. The predicted molar refractivity (Wildman–Crippen MR) is 111 cm³/mol. The Morgan fingerprint density at radius 3 is 2.86 bits per heavy atom. The van der Waals surface area contributed by atoms with Crippen LogP contribution in [-0.2, 0) is 0 Å². The fraction of sp³-hybridized carbons (Fsp3) is 0.318. The van der Waals surface area contributed by atoms with Gasteiger partial charge in [-0.1, -0.05) is 6.07 Å². The molecule has 2 aromatic heterocycles. The zero-order valence-electron chi connectivity index (χ0n) is 16.3. The van der Waals surface area contributed by atoms with Gasteiger partial charge in [0.25, 0.3) is 0 Å². The fourth-order valence-corrected chi connectivity index (χ4v) is 3.60. The molecule has 1 fully saturated rings. The number of nitrogens with one attached hydrogen (secondary N) is 1. The number of likely N-dealkylation sites (tertiary alicyclic amines) is 1. The van der Waals surface area contributed by atoms with Crippen LogP contribution in [0, 0.1) is 0 Å². The summed E-state index contributed by atoms with van der Waals surface area (Å²) in [6.45, 7) is 2.11. The first-order valence-electron chi connectivity index (χ1n) is 9.60. The molecule has 1 aromatic carbocycles. The van der Waals surface area contributed by atoms with Gasteiger partial charge in [-0.15, -0.1) is 0 Å². The third-order valence-electron chi connectivity index (χ3n) is 5.03. The molecule has 6 heteroatoms. The van der Waals surface area contributed by atoms with Crippen LogP contribution >= 0.6 is 0 Å². The smallest absolute Gasteiger partial charge is 0.135 e. The lowest BCUT2D eigenvalue weighted by Gasteiger charge is -2.29. The highest BCUT2D eigenvalue weighted by molar-refractivity contribution is 5.65. The fourth-order valence-electron chi connectivity index (χ4n) is 3.60. The molecule has 1 atom stereocenters. The van der Waals surface area contributed by atoms with Crippen LogP contribution in [0.3, 0.4) is 0 Å². The van der Waals surface area contributed by atoms with Gasteiger partial charge in [0.05, 0.1) is 12.8 Å². The normalized spacial score (nSPS) is 17.3. The van der Waals surface area contributed by atoms with Crippen molar-refractivity contribution in [3.8, 4) is 17.0 Å². The van der Waals surface area contributed by atoms with Crippen molar-refractivity contribution in [3.63, 3.8) is 0 Å². The summed E-state index contributed by atoms with van der Waals surface area (Å²) >= 11 is 0. The number of methoxy groups -OCH3 is 1. The Labute approximate surface area is 165 Å². The van der Waals surface area contributed by atoms with Crippen molar-refractivity contribution < 1.29 is 4.74 Å². The van der Waals surface area contributed by atoms with Gasteiger partial charge in [0, 0.05) is 48.2 Å². The number of aromatic nitrogens is 3. The molecular formula is C22H25N5O. The van der Waals surface area contributed by atoms with Crippen LogP contribution in [0.1, 0.15) is 24.6 Å². The van der Waals surface area contributed by atoms with Gasteiger partial charge in [0.2, 0.25) is 0 Å². The summed E-state index contributed by atoms with van der Waals surface area (Å²) in [7, 11) is 3.83. The van der Waals surface area contributed by atoms with E-state index in [0.29, 0.717) is 5.92 Å². The molecule has 6 nitrogen and oxygen atoms in total. The summed E-state index contributed by atoms with van der Waals surface area (Å²) in [4.78, 5) is 16.3. The molecule has 0 radical (unpaired) electrons. The molecule has 1 N–H and O–H groups in total. The molecule has 1 unspecified atom stereocenters. The van der Waals surface area contributed by atoms with Gasteiger partial charge in [-0.3, -0.25) is 4.98 Å². The van der Waals surface area contributed by atoms with E-state index in [9.17, 15) is 0 Å². The lowest BCUT2D eigenvalue weighted by atomic mass is 9.97. The van der Waals surface area contributed by atoms with E-state index in [1.54, 1.807) is 13.3 Å². The maximum Gasteiger partial charge on any atom is 0.135 e. The van der Waals surface area contributed by atoms with Crippen molar-refractivity contribution in [2.24, 2.45) is 0 Å². The number of hydrogen-bond acceptors (Lipinski definition) is 6. The Morgan fingerprint density at radius 2 is 2.07 bits per heavy atom. The van der Waals surface area contributed by atoms with Gasteiger partial charge in [0.1, 0.15) is 17.4 Å². The van der Waals surface area contributed by atoms with Gasteiger partial charge < -0.3 is 15.0 Å². The highest BCUT2D eigenvalue weighted by Crippen LogP contribution is 2.29. The molecule has 0 amide bonds. The Kier molecular flexibility index (Phi) is 5.48. The van der Waals surface area contributed by atoms with Gasteiger partial charge in [0.15, 0.2) is 0 Å². The van der Waals surface area contributed by atoms with Crippen LogP contribution in [-0.4, -0.2) is 47.1 Å². The molecule has 144 valence electrons. The van der Waals surface area contributed by atoms with Gasteiger partial charge in [-0.05, 0) is 50.7 Å². The average Bonchev–Trinajstić information content (AvgIpc) is 2.74. The third-order valence-corrected chi connectivity index (χ3v) is 5.03. The second kappa shape index (κ2) is 8.35. The maximum atomic E-state index is 5.33. The Balaban J connectivity index is 1.71. The highest BCUT2D eigenvalue weighted by Gasteiger charge is 2.22. The van der Waals surface area contributed by atoms with E-state index in [4.69, 9.17) is 14.7 Å². The van der Waals surface area contributed by atoms with Crippen LogP contribution in [0.5, 0.6) is 5.75 Å². The largest absolute Gasteiger partial charge is 0.497 e. The second-order valence-corrected chi connectivity index (χ2v) is 7.20. The molecule has 1 aliphatic rings. The third kappa shape index (κ3) is 4.28. The Morgan fingerprint density at radius 1 is 1.14 bits per heavy atom. The first-order valence-corrected chi connectivity index (χ1v) is 9.60. The molecule has 0 spiro atoms. The monoisotopic (exact) mass is 375 g/mol. The minimum Gasteiger partial charge on any atom is -0.497 e. The lowest BCUT2D eigenvalue weighted by Crippen LogP contribution is -2.31. The average molecular weight is 375 g/mol. The number of pyridine rings is 1. The van der Waals surface area contributed by atoms with Gasteiger partial charge in [-0.25, -0.2) is 9.97 Å². The predicted octanol–water partition coefficient (Wildman–Crippen LogP) is 4.10. The van der Waals surface area contributed by atoms with Crippen molar-refractivity contribution in [2.75, 3.05) is 32.6 Å². The number of piperidine rings is 1. The quantitative estimate of drug-likeness (QED) is 0.724. The highest BCUT2D eigenvalue weighted by atomic mass is 16.5. The summed E-state index contributed by atoms with van der Waals surface area (Å²) < 4.78 is 5.33. The minimum atomic E-state index is 0.334. The standard InChI is InChI=1S/C22H25N5O/c1-27-11-5-7-17(15-27)22-25-20(16-6-4-10-23-14-16)13-21(26-22)24-18-8-3-9-19(12-18)28-2/h3-4,6,8-10,12-14,17H,5,7,11,15H2,1-2H3,(H,24,25,26). The summed E-state index contributed by atoms with van der Waals surface area (Å²) in [5.74, 6) is 2.81. The molecule has 0 saturated carbocycles. The van der Waals surface area contributed by atoms with E-state index in [2.05, 4.69) is 22.2 Å². The van der Waals surface area contributed by atoms with Gasteiger partial charge in [-0.2, -0.15) is 0 Å². The van der Waals surface area contributed by atoms with Crippen molar-refractivity contribution in [3.05, 3.63) is 60.7 Å². The summed E-state index contributed by atoms with van der Waals surface area (Å²) in [5, 5.41) is 3.41. The molecule has 1 saturated heterocycles. The van der Waals surface area contributed by atoms with Crippen molar-refractivity contribution in [2.45, 2.75) is 18.8 Å². The van der Waals surface area contributed by atoms with Crippen LogP contribution in [0.4, 0.5) is 11.5 Å². The summed E-state index contributed by atoms with van der Waals surface area (Å²) in [5.41, 5.74) is 2.81. The second-order valence-electron chi connectivity index (χ2n) is 7.20. The zero-order chi connectivity index (χ0) is 19.3. The van der Waals surface area contributed by atoms with Crippen molar-refractivity contribution in [1.82, 2.24) is 19.9 Å². The number of anilines is 2. The lowest BCUT2D eigenvalue weighted by molar-refractivity contribution is 0.246. The minimum absolute atomic E-state index is 0.334. The topological polar surface area (TPSA) is 63.2 Å². The summed E-state index contributed by atoms with van der Waals surface area (Å²) in [6.07, 6.45) is 5.89. The Bertz CT molecular complexity index is 931. The van der Waals surface area contributed by atoms with E-state index in [1.165, 1.54) is 6.42 Å². The van der Waals surface area contributed by atoms with E-state index in [0.717, 1.165) is 53.8 Å². The van der Waals surface area contributed by atoms with E-state index in [1.807, 2.05) is 48.7 Å². The van der Waals surface area contributed by atoms with Crippen LogP contribution in [0.15, 0.2) is 54.9 Å². The number of nitrogens with zero attached hydrogens (tertiary/aromatic N) is 4. The number of likely N-dealkylation sites (N-methyl/N-ethyl adjacent to an activating group) is 1. The van der Waals surface area contributed by atoms with E-state index in [-0.39, 0.29) is 0 Å². The molecule has 4 rings (SSSR count). The molecule has 0 aliphatic carbocycles. The molecule has 3 heterocycles. The van der Waals surface area contributed by atoms with E-state index >= 15 is 0 Å². The van der Waals surface area contributed by atoms with E-state index < -0.39 is 0 Å². The number of ether oxygens (including phenoxy) is 1. The Hall–Kier alpha value is -2.99. The van der Waals surface area contributed by atoms with Crippen LogP contribution in [0.25, 0.3) is 11.3 Å². The van der Waals surface area contributed by atoms with Crippen LogP contribution in [0.2, 0.25) is 0 Å². The molecule has 0 bridgehead atoms. The first-order chi connectivity index (χ1) is 13.7. The SMILES string of the molecule is COc1cccc(Nc2cc(-c3cccnc3)nc(C3CCCN(C)C3)n2)c1. The zero-order valence-corrected chi connectivity index (χ0v) is 16.3. The molecule has 1 aliphatic heterocycles. The molecule has 28 heavy (non-hydrogen) atoms. The van der Waals surface area contributed by atoms with Crippen LogP contribution < -0.4 is 10.1 Å².